The van der Waals surface area contributed by atoms with Crippen molar-refractivity contribution in [1.29, 1.82) is 5.26 Å². The first-order chi connectivity index (χ1) is 15.8. The van der Waals surface area contributed by atoms with Crippen LogP contribution in [0.5, 0.6) is 5.75 Å². The summed E-state index contributed by atoms with van der Waals surface area (Å²) in [6.45, 7) is -1.32. The molecule has 0 atom stereocenters. The highest BCUT2D eigenvalue weighted by molar-refractivity contribution is 5.83. The van der Waals surface area contributed by atoms with Crippen LogP contribution in [0.1, 0.15) is 5.56 Å². The molecule has 0 radical (unpaired) electrons. The molecule has 2 aromatic heterocycles. The molecule has 33 heavy (non-hydrogen) atoms. The van der Waals surface area contributed by atoms with Gasteiger partial charge >= 0.3 is 6.18 Å². The van der Waals surface area contributed by atoms with Crippen LogP contribution in [-0.2, 0) is 0 Å². The summed E-state index contributed by atoms with van der Waals surface area (Å²) in [6.07, 6.45) is -3.10. The van der Waals surface area contributed by atoms with Gasteiger partial charge in [-0.25, -0.2) is 4.98 Å². The van der Waals surface area contributed by atoms with Crippen molar-refractivity contribution in [3.8, 4) is 28.6 Å². The SMILES string of the molecule is COc1ccc(-c2cc3cnc(NCC(F)(F)F)nc3n(-c3ccc(C#N)cc3)c2=O)cc1. The molecule has 0 unspecified atom stereocenters. The molecule has 0 saturated heterocycles. The number of fused-ring (bicyclic) bond motifs is 1. The summed E-state index contributed by atoms with van der Waals surface area (Å²) < 4.78 is 44.3. The zero-order chi connectivity index (χ0) is 23.6. The molecule has 0 amide bonds. The molecule has 4 aromatic rings. The Morgan fingerprint density at radius 2 is 1.82 bits per heavy atom. The first-order valence-corrected chi connectivity index (χ1v) is 9.67. The van der Waals surface area contributed by atoms with Crippen molar-refractivity contribution < 1.29 is 17.9 Å². The van der Waals surface area contributed by atoms with E-state index in [1.165, 1.54) is 30.0 Å². The first-order valence-electron chi connectivity index (χ1n) is 9.67. The second-order valence-corrected chi connectivity index (χ2v) is 7.03. The van der Waals surface area contributed by atoms with E-state index in [0.29, 0.717) is 33.5 Å². The van der Waals surface area contributed by atoms with Gasteiger partial charge in [0.25, 0.3) is 5.56 Å². The van der Waals surface area contributed by atoms with Crippen LogP contribution in [0.4, 0.5) is 19.1 Å². The Hall–Kier alpha value is -4.39. The predicted molar refractivity (Wildman–Crippen MR) is 116 cm³/mol. The van der Waals surface area contributed by atoms with Crippen LogP contribution in [0.3, 0.4) is 0 Å². The van der Waals surface area contributed by atoms with E-state index >= 15 is 0 Å². The Kier molecular flexibility index (Phi) is 5.70. The molecular weight excluding hydrogens is 435 g/mol. The molecule has 2 aromatic carbocycles. The van der Waals surface area contributed by atoms with Gasteiger partial charge in [-0.1, -0.05) is 12.1 Å². The van der Waals surface area contributed by atoms with E-state index in [9.17, 15) is 18.0 Å². The maximum atomic E-state index is 13.5. The van der Waals surface area contributed by atoms with E-state index < -0.39 is 18.3 Å². The Balaban J connectivity index is 1.93. The number of aromatic nitrogens is 3. The van der Waals surface area contributed by atoms with Crippen molar-refractivity contribution in [3.63, 3.8) is 0 Å². The van der Waals surface area contributed by atoms with Gasteiger partial charge in [-0.3, -0.25) is 9.36 Å². The quantitative estimate of drug-likeness (QED) is 0.486. The minimum absolute atomic E-state index is 0.127. The van der Waals surface area contributed by atoms with Crippen molar-refractivity contribution >= 4 is 17.0 Å². The van der Waals surface area contributed by atoms with E-state index in [1.807, 2.05) is 6.07 Å². The minimum atomic E-state index is -4.46. The molecule has 10 heteroatoms. The summed E-state index contributed by atoms with van der Waals surface area (Å²) in [5.74, 6) is 0.356. The summed E-state index contributed by atoms with van der Waals surface area (Å²) in [7, 11) is 1.53. The fourth-order valence-electron chi connectivity index (χ4n) is 3.26. The zero-order valence-electron chi connectivity index (χ0n) is 17.2. The number of hydrogen-bond donors (Lipinski definition) is 1. The zero-order valence-corrected chi connectivity index (χ0v) is 17.2. The van der Waals surface area contributed by atoms with Gasteiger partial charge in [0.15, 0.2) is 5.65 Å². The summed E-state index contributed by atoms with van der Waals surface area (Å²) >= 11 is 0. The standard InChI is InChI=1S/C23H16F3N5O2/c1-33-18-8-4-15(5-9-18)19-10-16-12-28-22(29-13-23(24,25)26)30-20(16)31(21(19)32)17-6-2-14(11-27)3-7-17/h2-10,12H,13H2,1H3,(H,28,29,30). The van der Waals surface area contributed by atoms with Gasteiger partial charge in [0.1, 0.15) is 12.3 Å². The van der Waals surface area contributed by atoms with Crippen LogP contribution in [0, 0.1) is 11.3 Å². The highest BCUT2D eigenvalue weighted by Gasteiger charge is 2.27. The average molecular weight is 451 g/mol. The maximum Gasteiger partial charge on any atom is 0.405 e. The smallest absolute Gasteiger partial charge is 0.405 e. The van der Waals surface area contributed by atoms with Crippen molar-refractivity contribution in [1.82, 2.24) is 14.5 Å². The lowest BCUT2D eigenvalue weighted by atomic mass is 10.1. The molecule has 166 valence electrons. The van der Waals surface area contributed by atoms with E-state index in [-0.39, 0.29) is 11.6 Å². The molecule has 0 aliphatic carbocycles. The van der Waals surface area contributed by atoms with Gasteiger partial charge in [-0.15, -0.1) is 0 Å². The molecule has 7 nitrogen and oxygen atoms in total. The van der Waals surface area contributed by atoms with E-state index in [1.54, 1.807) is 42.5 Å². The third kappa shape index (κ3) is 4.62. The monoisotopic (exact) mass is 451 g/mol. The van der Waals surface area contributed by atoms with E-state index in [2.05, 4.69) is 15.3 Å². The molecule has 0 aliphatic heterocycles. The largest absolute Gasteiger partial charge is 0.497 e. The van der Waals surface area contributed by atoms with Crippen molar-refractivity contribution in [3.05, 3.63) is 76.7 Å². The van der Waals surface area contributed by atoms with Crippen LogP contribution in [-0.4, -0.2) is 34.4 Å². The van der Waals surface area contributed by atoms with Crippen LogP contribution in [0.15, 0.2) is 65.6 Å². The molecule has 0 bridgehead atoms. The summed E-state index contributed by atoms with van der Waals surface area (Å²) in [6, 6.07) is 16.7. The van der Waals surface area contributed by atoms with Gasteiger partial charge in [0.05, 0.1) is 24.4 Å². The van der Waals surface area contributed by atoms with Crippen LogP contribution in [0.25, 0.3) is 27.8 Å². The lowest BCUT2D eigenvalue weighted by Gasteiger charge is -2.14. The number of nitrogens with one attached hydrogen (secondary N) is 1. The molecule has 4 rings (SSSR count). The number of nitriles is 1. The molecule has 0 spiro atoms. The summed E-state index contributed by atoms with van der Waals surface area (Å²) in [5, 5.41) is 11.7. The number of nitrogens with zero attached hydrogens (tertiary/aromatic N) is 4. The van der Waals surface area contributed by atoms with Gasteiger partial charge in [-0.2, -0.15) is 23.4 Å². The number of anilines is 1. The highest BCUT2D eigenvalue weighted by Crippen LogP contribution is 2.25. The number of rotatable bonds is 5. The van der Waals surface area contributed by atoms with E-state index in [4.69, 9.17) is 10.00 Å². The van der Waals surface area contributed by atoms with Gasteiger partial charge in [-0.05, 0) is 48.0 Å². The predicted octanol–water partition coefficient (Wildman–Crippen LogP) is 4.30. The third-order valence-corrected chi connectivity index (χ3v) is 4.84. The van der Waals surface area contributed by atoms with Crippen LogP contribution >= 0.6 is 0 Å². The molecule has 0 fully saturated rings. The fraction of sp³-hybridized carbons (Fsp3) is 0.130. The molecule has 0 saturated carbocycles. The van der Waals surface area contributed by atoms with Crippen LogP contribution in [0.2, 0.25) is 0 Å². The molecule has 1 N–H and O–H groups in total. The number of alkyl halides is 3. The normalized spacial score (nSPS) is 11.2. The van der Waals surface area contributed by atoms with Crippen molar-refractivity contribution in [2.45, 2.75) is 6.18 Å². The first kappa shape index (κ1) is 21.8. The minimum Gasteiger partial charge on any atom is -0.497 e. The Morgan fingerprint density at radius 1 is 1.12 bits per heavy atom. The number of halogens is 3. The van der Waals surface area contributed by atoms with Crippen molar-refractivity contribution in [2.24, 2.45) is 0 Å². The number of hydrogen-bond acceptors (Lipinski definition) is 6. The number of benzene rings is 2. The Morgan fingerprint density at radius 3 is 2.42 bits per heavy atom. The second kappa shape index (κ2) is 8.63. The molecular formula is C23H16F3N5O2. The number of methoxy groups -OCH3 is 1. The maximum absolute atomic E-state index is 13.5. The number of ether oxygens (including phenoxy) is 1. The van der Waals surface area contributed by atoms with Gasteiger partial charge in [0, 0.05) is 17.1 Å². The molecule has 0 aliphatic rings. The van der Waals surface area contributed by atoms with Crippen LogP contribution < -0.4 is 15.6 Å². The Bertz CT molecular complexity index is 1410. The van der Waals surface area contributed by atoms with Gasteiger partial charge < -0.3 is 10.1 Å². The van der Waals surface area contributed by atoms with Gasteiger partial charge in [0.2, 0.25) is 5.95 Å². The Labute approximate surface area is 185 Å². The highest BCUT2D eigenvalue weighted by atomic mass is 19.4. The summed E-state index contributed by atoms with van der Waals surface area (Å²) in [5.41, 5.74) is 1.45. The van der Waals surface area contributed by atoms with E-state index in [0.717, 1.165) is 0 Å². The lowest BCUT2D eigenvalue weighted by Crippen LogP contribution is -2.24. The van der Waals surface area contributed by atoms with Crippen molar-refractivity contribution in [2.75, 3.05) is 19.0 Å². The topological polar surface area (TPSA) is 92.8 Å². The fourth-order valence-corrected chi connectivity index (χ4v) is 3.26. The lowest BCUT2D eigenvalue weighted by molar-refractivity contribution is -0.115. The third-order valence-electron chi connectivity index (χ3n) is 4.84. The number of pyridine rings is 1. The average Bonchev–Trinajstić information content (AvgIpc) is 2.82. The summed E-state index contributed by atoms with van der Waals surface area (Å²) in [4.78, 5) is 21.7. The molecule has 2 heterocycles. The second-order valence-electron chi connectivity index (χ2n) is 7.03.